The number of rotatable bonds is 13. The zero-order chi connectivity index (χ0) is 20.1. The fourth-order valence-corrected chi connectivity index (χ4v) is 2.26. The maximum Gasteiger partial charge on any atom is 0.327 e. The Kier molecular flexibility index (Phi) is 12.9. The molecule has 0 aromatic rings. The Labute approximate surface area is 163 Å². The predicted molar refractivity (Wildman–Crippen MR) is 103 cm³/mol. The highest BCUT2D eigenvalue weighted by Crippen LogP contribution is 2.02. The summed E-state index contributed by atoms with van der Waals surface area (Å²) in [6.45, 7) is 0.0598. The van der Waals surface area contributed by atoms with Crippen LogP contribution in [0.1, 0.15) is 19.3 Å². The van der Waals surface area contributed by atoms with Gasteiger partial charge in [0, 0.05) is 11.5 Å². The molecule has 3 atom stereocenters. The van der Waals surface area contributed by atoms with Crippen LogP contribution >= 0.6 is 25.3 Å². The number of amides is 3. The van der Waals surface area contributed by atoms with E-state index in [1.165, 1.54) is 0 Å². The van der Waals surface area contributed by atoms with E-state index in [0.717, 1.165) is 0 Å². The fraction of sp³-hybridized carbons (Fsp3) is 0.714. The normalized spacial score (nSPS) is 14.0. The number of carboxylic acids is 1. The van der Waals surface area contributed by atoms with Crippen molar-refractivity contribution in [2.24, 2.45) is 11.5 Å². The van der Waals surface area contributed by atoms with E-state index < -0.39 is 41.8 Å². The Bertz CT molecular complexity index is 494. The van der Waals surface area contributed by atoms with Crippen molar-refractivity contribution < 1.29 is 24.3 Å². The lowest BCUT2D eigenvalue weighted by Gasteiger charge is -2.21. The minimum Gasteiger partial charge on any atom is -0.480 e. The van der Waals surface area contributed by atoms with Crippen molar-refractivity contribution in [3.8, 4) is 0 Å². The van der Waals surface area contributed by atoms with E-state index in [1.807, 2.05) is 0 Å². The molecular weight excluding hydrogens is 382 g/mol. The largest absolute Gasteiger partial charge is 0.480 e. The smallest absolute Gasteiger partial charge is 0.327 e. The highest BCUT2D eigenvalue weighted by molar-refractivity contribution is 7.80. The van der Waals surface area contributed by atoms with E-state index in [9.17, 15) is 19.2 Å². The summed E-state index contributed by atoms with van der Waals surface area (Å²) in [6.07, 6.45) is 1.48. The Morgan fingerprint density at radius 1 is 0.962 bits per heavy atom. The lowest BCUT2D eigenvalue weighted by molar-refractivity contribution is -0.141. The van der Waals surface area contributed by atoms with Crippen LogP contribution < -0.4 is 27.4 Å². The molecule has 10 nitrogen and oxygen atoms in total. The van der Waals surface area contributed by atoms with Crippen molar-refractivity contribution in [2.75, 3.05) is 24.6 Å². The molecule has 0 radical (unpaired) electrons. The van der Waals surface area contributed by atoms with Crippen LogP contribution in [0, 0.1) is 0 Å². The zero-order valence-electron chi connectivity index (χ0n) is 14.3. The van der Waals surface area contributed by atoms with Gasteiger partial charge in [0.15, 0.2) is 0 Å². The van der Waals surface area contributed by atoms with Crippen LogP contribution in [0.2, 0.25) is 0 Å². The van der Waals surface area contributed by atoms with Crippen molar-refractivity contribution in [1.82, 2.24) is 16.0 Å². The molecule has 3 unspecified atom stereocenters. The zero-order valence-corrected chi connectivity index (χ0v) is 16.1. The number of hydrogen-bond donors (Lipinski definition) is 8. The van der Waals surface area contributed by atoms with Gasteiger partial charge in [0.1, 0.15) is 12.1 Å². The first-order chi connectivity index (χ1) is 12.3. The molecule has 0 aromatic carbocycles. The molecule has 3 amide bonds. The van der Waals surface area contributed by atoms with Gasteiger partial charge < -0.3 is 32.5 Å². The quantitative estimate of drug-likeness (QED) is 0.122. The van der Waals surface area contributed by atoms with E-state index >= 15 is 0 Å². The summed E-state index contributed by atoms with van der Waals surface area (Å²) < 4.78 is 0. The number of nitrogens with two attached hydrogens (primary N) is 2. The summed E-state index contributed by atoms with van der Waals surface area (Å²) in [5, 5.41) is 16.1. The Hall–Kier alpha value is -1.50. The van der Waals surface area contributed by atoms with E-state index in [1.54, 1.807) is 0 Å². The molecule has 0 aromatic heterocycles. The van der Waals surface area contributed by atoms with Gasteiger partial charge in [0.05, 0.1) is 12.6 Å². The molecule has 0 bridgehead atoms. The van der Waals surface area contributed by atoms with Gasteiger partial charge in [-0.15, -0.1) is 0 Å². The maximum absolute atomic E-state index is 12.3. The first-order valence-corrected chi connectivity index (χ1v) is 9.30. The average Bonchev–Trinajstić information content (AvgIpc) is 2.62. The maximum atomic E-state index is 12.3. The molecule has 0 aliphatic carbocycles. The summed E-state index contributed by atoms with van der Waals surface area (Å²) in [6, 6.07) is -2.97. The molecule has 0 aliphatic rings. The van der Waals surface area contributed by atoms with E-state index in [0.29, 0.717) is 19.4 Å². The van der Waals surface area contributed by atoms with Crippen molar-refractivity contribution in [3.63, 3.8) is 0 Å². The topological polar surface area (TPSA) is 177 Å². The lowest BCUT2D eigenvalue weighted by atomic mass is 10.1. The first kappa shape index (κ1) is 24.5. The highest BCUT2D eigenvalue weighted by atomic mass is 32.1. The minimum atomic E-state index is -1.23. The van der Waals surface area contributed by atoms with Crippen molar-refractivity contribution in [3.05, 3.63) is 0 Å². The third-order valence-electron chi connectivity index (χ3n) is 3.35. The number of hydrogen-bond acceptors (Lipinski definition) is 8. The van der Waals surface area contributed by atoms with E-state index in [-0.39, 0.29) is 24.5 Å². The average molecular weight is 410 g/mol. The van der Waals surface area contributed by atoms with E-state index in [4.69, 9.17) is 16.6 Å². The minimum absolute atomic E-state index is 0.0950. The van der Waals surface area contributed by atoms with Crippen LogP contribution in [-0.4, -0.2) is 71.5 Å². The summed E-state index contributed by atoms with van der Waals surface area (Å²) in [5.41, 5.74) is 10.9. The Balaban J connectivity index is 4.75. The first-order valence-electron chi connectivity index (χ1n) is 8.04. The molecule has 8 N–H and O–H groups in total. The van der Waals surface area contributed by atoms with Gasteiger partial charge in [-0.05, 0) is 25.8 Å². The number of thiol groups is 2. The van der Waals surface area contributed by atoms with Crippen molar-refractivity contribution in [2.45, 2.75) is 37.4 Å². The molecule has 0 rings (SSSR count). The molecular formula is C14H27N5O5S2. The molecule has 0 aliphatic heterocycles. The van der Waals surface area contributed by atoms with Gasteiger partial charge in [-0.1, -0.05) is 0 Å². The molecule has 0 fully saturated rings. The standard InChI is InChI=1S/C14H27N5O5S2/c15-4-2-1-3-9(13(22)19-10(7-26)14(23)24)18-11(20)5-17-12(21)8(16)6-25/h8-10,25-26H,1-7,15-16H2,(H,17,21)(H,18,20)(H,19,22)(H,23,24). The van der Waals surface area contributed by atoms with Crippen LogP contribution in [0.15, 0.2) is 0 Å². The van der Waals surface area contributed by atoms with Crippen LogP contribution in [0.5, 0.6) is 0 Å². The Morgan fingerprint density at radius 2 is 1.62 bits per heavy atom. The number of carbonyl (C=O) groups is 4. The molecule has 0 saturated heterocycles. The van der Waals surface area contributed by atoms with Crippen LogP contribution in [0.25, 0.3) is 0 Å². The SMILES string of the molecule is NCCCCC(NC(=O)CNC(=O)C(N)CS)C(=O)NC(CS)C(=O)O. The number of aliphatic carboxylic acids is 1. The van der Waals surface area contributed by atoms with Gasteiger partial charge in [-0.3, -0.25) is 14.4 Å². The highest BCUT2D eigenvalue weighted by Gasteiger charge is 2.25. The molecule has 0 saturated carbocycles. The summed E-state index contributed by atoms with van der Waals surface area (Å²) in [5.74, 6) is -2.99. The van der Waals surface area contributed by atoms with Crippen molar-refractivity contribution >= 4 is 48.9 Å². The second kappa shape index (κ2) is 13.7. The van der Waals surface area contributed by atoms with Gasteiger partial charge in [0.2, 0.25) is 17.7 Å². The number of carbonyl (C=O) groups excluding carboxylic acids is 3. The predicted octanol–water partition coefficient (Wildman–Crippen LogP) is -2.53. The molecule has 0 spiro atoms. The van der Waals surface area contributed by atoms with Crippen molar-refractivity contribution in [1.29, 1.82) is 0 Å². The van der Waals surface area contributed by atoms with Gasteiger partial charge in [0.25, 0.3) is 0 Å². The monoisotopic (exact) mass is 409 g/mol. The number of carboxylic acid groups (broad SMARTS) is 1. The fourth-order valence-electron chi connectivity index (χ4n) is 1.85. The Morgan fingerprint density at radius 3 is 2.12 bits per heavy atom. The second-order valence-electron chi connectivity index (χ2n) is 5.49. The lowest BCUT2D eigenvalue weighted by Crippen LogP contribution is -2.54. The second-order valence-corrected chi connectivity index (χ2v) is 6.22. The van der Waals surface area contributed by atoms with Gasteiger partial charge in [-0.2, -0.15) is 25.3 Å². The summed E-state index contributed by atoms with van der Waals surface area (Å²) >= 11 is 7.76. The van der Waals surface area contributed by atoms with Gasteiger partial charge >= 0.3 is 5.97 Å². The van der Waals surface area contributed by atoms with E-state index in [2.05, 4.69) is 41.2 Å². The van der Waals surface area contributed by atoms with Crippen LogP contribution in [0.3, 0.4) is 0 Å². The molecule has 150 valence electrons. The third kappa shape index (κ3) is 9.85. The molecule has 12 heteroatoms. The number of nitrogens with one attached hydrogen (secondary N) is 3. The summed E-state index contributed by atoms with van der Waals surface area (Å²) in [7, 11) is 0. The van der Waals surface area contributed by atoms with Gasteiger partial charge in [-0.25, -0.2) is 4.79 Å². The molecule has 0 heterocycles. The summed E-state index contributed by atoms with van der Waals surface area (Å²) in [4.78, 5) is 46.8. The van der Waals surface area contributed by atoms with Crippen LogP contribution in [-0.2, 0) is 19.2 Å². The number of unbranched alkanes of at least 4 members (excludes halogenated alkanes) is 1. The molecule has 26 heavy (non-hydrogen) atoms. The van der Waals surface area contributed by atoms with Crippen LogP contribution in [0.4, 0.5) is 0 Å². The third-order valence-corrected chi connectivity index (χ3v) is 4.11.